The number of fused-ring (bicyclic) bond motifs is 1. The van der Waals surface area contributed by atoms with E-state index in [1.807, 2.05) is 43.5 Å². The molecule has 3 aromatic heterocycles. The minimum absolute atomic E-state index is 0.782. The Bertz CT molecular complexity index is 973. The zero-order valence-corrected chi connectivity index (χ0v) is 14.9. The molecule has 0 N–H and O–H groups in total. The molecule has 24 heavy (non-hydrogen) atoms. The van der Waals surface area contributed by atoms with E-state index < -0.39 is 0 Å². The summed E-state index contributed by atoms with van der Waals surface area (Å²) in [5.41, 5.74) is 3.05. The summed E-state index contributed by atoms with van der Waals surface area (Å²) in [6.45, 7) is 3.92. The number of rotatable bonds is 4. The van der Waals surface area contributed by atoms with Crippen LogP contribution in [0.25, 0.3) is 21.6 Å². The summed E-state index contributed by atoms with van der Waals surface area (Å²) in [6, 6.07) is 12.2. The van der Waals surface area contributed by atoms with Gasteiger partial charge in [-0.15, -0.1) is 23.1 Å². The van der Waals surface area contributed by atoms with Crippen LogP contribution in [0.15, 0.2) is 51.3 Å². The Morgan fingerprint density at radius 3 is 2.71 bits per heavy atom. The molecule has 0 radical (unpaired) electrons. The summed E-state index contributed by atoms with van der Waals surface area (Å²) in [5, 5.41) is 8.14. The van der Waals surface area contributed by atoms with Crippen LogP contribution in [0.2, 0.25) is 0 Å². The van der Waals surface area contributed by atoms with E-state index in [1.165, 1.54) is 0 Å². The van der Waals surface area contributed by atoms with Gasteiger partial charge in [0.25, 0.3) is 0 Å². The van der Waals surface area contributed by atoms with Gasteiger partial charge in [0, 0.05) is 16.7 Å². The van der Waals surface area contributed by atoms with Crippen molar-refractivity contribution in [3.63, 3.8) is 0 Å². The highest BCUT2D eigenvalue weighted by Gasteiger charge is 2.14. The second kappa shape index (κ2) is 6.37. The van der Waals surface area contributed by atoms with Crippen molar-refractivity contribution in [3.05, 3.63) is 58.8 Å². The summed E-state index contributed by atoms with van der Waals surface area (Å²) < 4.78 is 5.26. The van der Waals surface area contributed by atoms with Crippen molar-refractivity contribution < 1.29 is 4.52 Å². The van der Waals surface area contributed by atoms with Crippen LogP contribution in [-0.4, -0.2) is 15.1 Å². The molecular formula is C18H15N3OS2. The van der Waals surface area contributed by atoms with Gasteiger partial charge >= 0.3 is 0 Å². The minimum Gasteiger partial charge on any atom is -0.361 e. The Balaban J connectivity index is 1.76. The molecule has 0 saturated carbocycles. The van der Waals surface area contributed by atoms with E-state index in [0.717, 1.165) is 49.4 Å². The van der Waals surface area contributed by atoms with Crippen LogP contribution in [0.1, 0.15) is 17.0 Å². The lowest BCUT2D eigenvalue weighted by Crippen LogP contribution is -1.93. The Morgan fingerprint density at radius 1 is 1.08 bits per heavy atom. The lowest BCUT2D eigenvalue weighted by molar-refractivity contribution is 0.392. The fourth-order valence-corrected chi connectivity index (χ4v) is 4.35. The van der Waals surface area contributed by atoms with E-state index in [0.29, 0.717) is 0 Å². The molecule has 0 fully saturated rings. The van der Waals surface area contributed by atoms with Crippen molar-refractivity contribution in [3.8, 4) is 10.7 Å². The maximum absolute atomic E-state index is 5.26. The molecule has 0 aliphatic heterocycles. The van der Waals surface area contributed by atoms with E-state index in [1.54, 1.807) is 23.1 Å². The molecule has 0 unspecified atom stereocenters. The zero-order valence-electron chi connectivity index (χ0n) is 13.3. The number of aryl methyl sites for hydroxylation is 2. The summed E-state index contributed by atoms with van der Waals surface area (Å²) in [4.78, 5) is 10.6. The average Bonchev–Trinajstić information content (AvgIpc) is 3.24. The molecule has 4 rings (SSSR count). The summed E-state index contributed by atoms with van der Waals surface area (Å²) in [6.07, 6.45) is 0. The van der Waals surface area contributed by atoms with Crippen LogP contribution >= 0.6 is 23.1 Å². The average molecular weight is 353 g/mol. The van der Waals surface area contributed by atoms with Gasteiger partial charge in [0.05, 0.1) is 16.1 Å². The molecule has 3 heterocycles. The van der Waals surface area contributed by atoms with Crippen molar-refractivity contribution in [2.45, 2.75) is 24.6 Å². The van der Waals surface area contributed by atoms with Gasteiger partial charge in [-0.2, -0.15) is 0 Å². The molecule has 4 nitrogen and oxygen atoms in total. The van der Waals surface area contributed by atoms with Gasteiger partial charge < -0.3 is 4.52 Å². The lowest BCUT2D eigenvalue weighted by Gasteiger charge is -2.07. The quantitative estimate of drug-likeness (QED) is 0.370. The van der Waals surface area contributed by atoms with Crippen LogP contribution in [0.4, 0.5) is 0 Å². The van der Waals surface area contributed by atoms with Crippen LogP contribution < -0.4 is 0 Å². The zero-order chi connectivity index (χ0) is 16.5. The third kappa shape index (κ3) is 2.83. The number of para-hydroxylation sites is 1. The standard InChI is InChI=1S/C18H15N3OS2/c1-11-14(12(2)22-21-11)10-24-18-13-6-3-4-7-15(13)19-17(20-18)16-8-5-9-23-16/h3-9H,10H2,1-2H3. The number of thiophene rings is 1. The highest BCUT2D eigenvalue weighted by Crippen LogP contribution is 2.32. The normalized spacial score (nSPS) is 11.2. The number of hydrogen-bond acceptors (Lipinski definition) is 6. The van der Waals surface area contributed by atoms with Crippen LogP contribution in [-0.2, 0) is 5.75 Å². The smallest absolute Gasteiger partial charge is 0.171 e. The molecule has 0 atom stereocenters. The monoisotopic (exact) mass is 353 g/mol. The third-order valence-corrected chi connectivity index (χ3v) is 5.73. The van der Waals surface area contributed by atoms with Crippen LogP contribution in [0.5, 0.6) is 0 Å². The van der Waals surface area contributed by atoms with Crippen molar-refractivity contribution in [1.29, 1.82) is 0 Å². The maximum atomic E-state index is 5.26. The second-order valence-electron chi connectivity index (χ2n) is 5.44. The maximum Gasteiger partial charge on any atom is 0.171 e. The molecule has 1 aromatic carbocycles. The van der Waals surface area contributed by atoms with E-state index in [4.69, 9.17) is 14.5 Å². The minimum atomic E-state index is 0.782. The topological polar surface area (TPSA) is 51.8 Å². The molecule has 0 saturated heterocycles. The van der Waals surface area contributed by atoms with E-state index in [9.17, 15) is 0 Å². The highest BCUT2D eigenvalue weighted by molar-refractivity contribution is 7.98. The van der Waals surface area contributed by atoms with Crippen molar-refractivity contribution >= 4 is 34.0 Å². The third-order valence-electron chi connectivity index (χ3n) is 3.84. The molecule has 6 heteroatoms. The first kappa shape index (κ1) is 15.4. The first-order valence-electron chi connectivity index (χ1n) is 7.57. The molecule has 0 spiro atoms. The van der Waals surface area contributed by atoms with Crippen molar-refractivity contribution in [1.82, 2.24) is 15.1 Å². The Kier molecular flexibility index (Phi) is 4.08. The van der Waals surface area contributed by atoms with Gasteiger partial charge in [0.15, 0.2) is 5.82 Å². The number of hydrogen-bond donors (Lipinski definition) is 0. The van der Waals surface area contributed by atoms with Gasteiger partial charge in [-0.1, -0.05) is 29.4 Å². The Morgan fingerprint density at radius 2 is 1.96 bits per heavy atom. The number of benzene rings is 1. The fourth-order valence-electron chi connectivity index (χ4n) is 2.52. The predicted molar refractivity (Wildman–Crippen MR) is 98.4 cm³/mol. The van der Waals surface area contributed by atoms with E-state index >= 15 is 0 Å². The molecule has 0 amide bonds. The molecule has 120 valence electrons. The number of thioether (sulfide) groups is 1. The van der Waals surface area contributed by atoms with Crippen molar-refractivity contribution in [2.75, 3.05) is 0 Å². The molecule has 4 aromatic rings. The van der Waals surface area contributed by atoms with Gasteiger partial charge in [0.1, 0.15) is 10.8 Å². The first-order valence-corrected chi connectivity index (χ1v) is 9.44. The van der Waals surface area contributed by atoms with Crippen molar-refractivity contribution in [2.24, 2.45) is 0 Å². The second-order valence-corrected chi connectivity index (χ2v) is 7.35. The Hall–Kier alpha value is -2.18. The van der Waals surface area contributed by atoms with Gasteiger partial charge in [-0.25, -0.2) is 9.97 Å². The fraction of sp³-hybridized carbons (Fsp3) is 0.167. The van der Waals surface area contributed by atoms with Gasteiger partial charge in [0.2, 0.25) is 0 Å². The Labute approximate surface area is 147 Å². The number of nitrogens with zero attached hydrogens (tertiary/aromatic N) is 3. The number of aromatic nitrogens is 3. The summed E-state index contributed by atoms with van der Waals surface area (Å²) >= 11 is 3.36. The van der Waals surface area contributed by atoms with E-state index in [2.05, 4.69) is 17.3 Å². The summed E-state index contributed by atoms with van der Waals surface area (Å²) in [5.74, 6) is 2.44. The molecule has 0 aliphatic rings. The van der Waals surface area contributed by atoms with Crippen LogP contribution in [0, 0.1) is 13.8 Å². The van der Waals surface area contributed by atoms with Gasteiger partial charge in [-0.05, 0) is 31.4 Å². The predicted octanol–water partition coefficient (Wildman–Crippen LogP) is 5.26. The van der Waals surface area contributed by atoms with Gasteiger partial charge in [-0.3, -0.25) is 0 Å². The molecule has 0 bridgehead atoms. The SMILES string of the molecule is Cc1noc(C)c1CSc1nc(-c2cccs2)nc2ccccc12. The molecular weight excluding hydrogens is 338 g/mol. The first-order chi connectivity index (χ1) is 11.7. The lowest BCUT2D eigenvalue weighted by atomic mass is 10.2. The highest BCUT2D eigenvalue weighted by atomic mass is 32.2. The summed E-state index contributed by atoms with van der Waals surface area (Å²) in [7, 11) is 0. The molecule has 0 aliphatic carbocycles. The van der Waals surface area contributed by atoms with E-state index in [-0.39, 0.29) is 0 Å². The van der Waals surface area contributed by atoms with Crippen LogP contribution in [0.3, 0.4) is 0 Å². The largest absolute Gasteiger partial charge is 0.361 e.